The minimum Gasteiger partial charge on any atom is -0.465 e. The third-order valence-electron chi connectivity index (χ3n) is 2.67. The van der Waals surface area contributed by atoms with E-state index in [-0.39, 0.29) is 5.97 Å². The first kappa shape index (κ1) is 13.6. The summed E-state index contributed by atoms with van der Waals surface area (Å²) >= 11 is 5.83. The summed E-state index contributed by atoms with van der Waals surface area (Å²) in [6.45, 7) is 3.81. The van der Waals surface area contributed by atoms with Gasteiger partial charge in [-0.2, -0.15) is 0 Å². The standard InChI is InChI=1S/C14H14ClNO3/c1-3-18-14(17)9(2)13-16-12(8-19-13)10-4-6-11(15)7-5-10/h4-9H,3H2,1-2H3. The van der Waals surface area contributed by atoms with E-state index in [1.54, 1.807) is 26.0 Å². The highest BCUT2D eigenvalue weighted by atomic mass is 35.5. The Morgan fingerprint density at radius 1 is 1.42 bits per heavy atom. The van der Waals surface area contributed by atoms with Gasteiger partial charge in [0.15, 0.2) is 0 Å². The highest BCUT2D eigenvalue weighted by Crippen LogP contribution is 2.24. The van der Waals surface area contributed by atoms with E-state index < -0.39 is 5.92 Å². The van der Waals surface area contributed by atoms with Crippen LogP contribution in [0.2, 0.25) is 5.02 Å². The molecule has 1 aromatic heterocycles. The molecule has 1 atom stereocenters. The van der Waals surface area contributed by atoms with Crippen molar-refractivity contribution in [1.82, 2.24) is 4.98 Å². The number of aromatic nitrogens is 1. The van der Waals surface area contributed by atoms with Crippen molar-refractivity contribution in [2.45, 2.75) is 19.8 Å². The van der Waals surface area contributed by atoms with Crippen LogP contribution in [0.25, 0.3) is 11.3 Å². The van der Waals surface area contributed by atoms with Crippen LogP contribution in [0.1, 0.15) is 25.7 Å². The largest absolute Gasteiger partial charge is 0.465 e. The van der Waals surface area contributed by atoms with Crippen LogP contribution in [-0.4, -0.2) is 17.6 Å². The maximum Gasteiger partial charge on any atom is 0.318 e. The van der Waals surface area contributed by atoms with Gasteiger partial charge < -0.3 is 9.15 Å². The second-order valence-corrected chi connectivity index (χ2v) is 4.49. The van der Waals surface area contributed by atoms with Crippen molar-refractivity contribution in [3.8, 4) is 11.3 Å². The van der Waals surface area contributed by atoms with Crippen molar-refractivity contribution in [3.05, 3.63) is 41.4 Å². The molecule has 19 heavy (non-hydrogen) atoms. The minimum absolute atomic E-state index is 0.341. The van der Waals surface area contributed by atoms with Crippen LogP contribution >= 0.6 is 11.6 Å². The predicted molar refractivity (Wildman–Crippen MR) is 72.0 cm³/mol. The third kappa shape index (κ3) is 3.15. The molecule has 2 rings (SSSR count). The predicted octanol–water partition coefficient (Wildman–Crippen LogP) is 3.66. The first-order chi connectivity index (χ1) is 9.11. The Morgan fingerprint density at radius 2 is 2.11 bits per heavy atom. The molecule has 0 aliphatic carbocycles. The van der Waals surface area contributed by atoms with E-state index in [0.717, 1.165) is 5.56 Å². The number of esters is 1. The molecule has 4 nitrogen and oxygen atoms in total. The smallest absolute Gasteiger partial charge is 0.318 e. The molecule has 1 unspecified atom stereocenters. The lowest BCUT2D eigenvalue weighted by atomic mass is 10.1. The lowest BCUT2D eigenvalue weighted by molar-refractivity contribution is -0.145. The molecule has 0 saturated carbocycles. The van der Waals surface area contributed by atoms with Crippen molar-refractivity contribution in [2.75, 3.05) is 6.61 Å². The zero-order valence-corrected chi connectivity index (χ0v) is 11.5. The maximum absolute atomic E-state index is 11.6. The molecule has 100 valence electrons. The fourth-order valence-electron chi connectivity index (χ4n) is 1.61. The van der Waals surface area contributed by atoms with Crippen molar-refractivity contribution < 1.29 is 13.9 Å². The van der Waals surface area contributed by atoms with Crippen molar-refractivity contribution >= 4 is 17.6 Å². The molecule has 0 fully saturated rings. The summed E-state index contributed by atoms with van der Waals surface area (Å²) in [6, 6.07) is 7.25. The number of carbonyl (C=O) groups is 1. The summed E-state index contributed by atoms with van der Waals surface area (Å²) in [4.78, 5) is 15.9. The summed E-state index contributed by atoms with van der Waals surface area (Å²) in [5, 5.41) is 0.660. The first-order valence-corrected chi connectivity index (χ1v) is 6.37. The highest BCUT2D eigenvalue weighted by molar-refractivity contribution is 6.30. The van der Waals surface area contributed by atoms with Gasteiger partial charge in [0.25, 0.3) is 0 Å². The van der Waals surface area contributed by atoms with Crippen LogP contribution in [0.5, 0.6) is 0 Å². The molecule has 0 bridgehead atoms. The van der Waals surface area contributed by atoms with Crippen LogP contribution in [0, 0.1) is 0 Å². The molecule has 0 aliphatic heterocycles. The lowest BCUT2D eigenvalue weighted by Gasteiger charge is -2.05. The number of hydrogen-bond acceptors (Lipinski definition) is 4. The molecule has 1 aromatic carbocycles. The van der Waals surface area contributed by atoms with E-state index in [1.165, 1.54) is 6.26 Å². The molecule has 0 radical (unpaired) electrons. The zero-order chi connectivity index (χ0) is 13.8. The summed E-state index contributed by atoms with van der Waals surface area (Å²) in [5.41, 5.74) is 1.55. The van der Waals surface area contributed by atoms with Crippen LogP contribution < -0.4 is 0 Å². The Morgan fingerprint density at radius 3 is 2.74 bits per heavy atom. The first-order valence-electron chi connectivity index (χ1n) is 5.99. The number of rotatable bonds is 4. The minimum atomic E-state index is -0.513. The Bertz CT molecular complexity index is 562. The van der Waals surface area contributed by atoms with Crippen molar-refractivity contribution in [3.63, 3.8) is 0 Å². The molecule has 0 N–H and O–H groups in total. The van der Waals surface area contributed by atoms with Gasteiger partial charge in [-0.05, 0) is 26.0 Å². The number of ether oxygens (including phenoxy) is 1. The van der Waals surface area contributed by atoms with Crippen LogP contribution in [0.4, 0.5) is 0 Å². The van der Waals surface area contributed by atoms with Crippen LogP contribution in [0.3, 0.4) is 0 Å². The molecular weight excluding hydrogens is 266 g/mol. The molecular formula is C14H14ClNO3. The molecule has 1 heterocycles. The van der Waals surface area contributed by atoms with E-state index in [9.17, 15) is 4.79 Å². The van der Waals surface area contributed by atoms with E-state index >= 15 is 0 Å². The fraction of sp³-hybridized carbons (Fsp3) is 0.286. The van der Waals surface area contributed by atoms with E-state index in [0.29, 0.717) is 23.2 Å². The molecule has 0 amide bonds. The third-order valence-corrected chi connectivity index (χ3v) is 2.92. The maximum atomic E-state index is 11.6. The quantitative estimate of drug-likeness (QED) is 0.802. The van der Waals surface area contributed by atoms with Crippen molar-refractivity contribution in [1.29, 1.82) is 0 Å². The number of halogens is 1. The highest BCUT2D eigenvalue weighted by Gasteiger charge is 2.22. The average molecular weight is 280 g/mol. The van der Waals surface area contributed by atoms with Gasteiger partial charge in [0, 0.05) is 10.6 Å². The average Bonchev–Trinajstić information content (AvgIpc) is 2.88. The molecule has 0 aliphatic rings. The number of nitrogens with zero attached hydrogens (tertiary/aromatic N) is 1. The monoisotopic (exact) mass is 279 g/mol. The van der Waals surface area contributed by atoms with Crippen LogP contribution in [-0.2, 0) is 9.53 Å². The molecule has 2 aromatic rings. The summed E-state index contributed by atoms with van der Waals surface area (Å²) < 4.78 is 10.3. The Hall–Kier alpha value is -1.81. The van der Waals surface area contributed by atoms with Gasteiger partial charge in [-0.25, -0.2) is 4.98 Å². The second kappa shape index (κ2) is 5.89. The van der Waals surface area contributed by atoms with E-state index in [2.05, 4.69) is 4.98 Å². The Kier molecular flexibility index (Phi) is 4.22. The Balaban J connectivity index is 2.19. The van der Waals surface area contributed by atoms with Gasteiger partial charge in [0.2, 0.25) is 5.89 Å². The van der Waals surface area contributed by atoms with Crippen LogP contribution in [0.15, 0.2) is 34.9 Å². The topological polar surface area (TPSA) is 52.3 Å². The normalized spacial score (nSPS) is 12.2. The lowest BCUT2D eigenvalue weighted by Crippen LogP contribution is -2.13. The van der Waals surface area contributed by atoms with Gasteiger partial charge in [-0.1, -0.05) is 23.7 Å². The number of hydrogen-bond donors (Lipinski definition) is 0. The zero-order valence-electron chi connectivity index (χ0n) is 10.7. The summed E-state index contributed by atoms with van der Waals surface area (Å²) in [5.74, 6) is -0.503. The van der Waals surface area contributed by atoms with Crippen molar-refractivity contribution in [2.24, 2.45) is 0 Å². The Labute approximate surface area is 116 Å². The van der Waals surface area contributed by atoms with E-state index in [4.69, 9.17) is 20.8 Å². The number of carbonyl (C=O) groups excluding carboxylic acids is 1. The van der Waals surface area contributed by atoms with Gasteiger partial charge in [-0.3, -0.25) is 4.79 Å². The number of oxazole rings is 1. The molecule has 5 heteroatoms. The van der Waals surface area contributed by atoms with E-state index in [1.807, 2.05) is 12.1 Å². The van der Waals surface area contributed by atoms with Gasteiger partial charge in [0.1, 0.15) is 17.9 Å². The summed E-state index contributed by atoms with van der Waals surface area (Å²) in [6.07, 6.45) is 1.52. The van der Waals surface area contributed by atoms with Gasteiger partial charge in [-0.15, -0.1) is 0 Å². The molecule has 0 spiro atoms. The summed E-state index contributed by atoms with van der Waals surface area (Å²) in [7, 11) is 0. The SMILES string of the molecule is CCOC(=O)C(C)c1nc(-c2ccc(Cl)cc2)co1. The second-order valence-electron chi connectivity index (χ2n) is 4.05. The number of benzene rings is 1. The van der Waals surface area contributed by atoms with Gasteiger partial charge in [0.05, 0.1) is 6.61 Å². The fourth-order valence-corrected chi connectivity index (χ4v) is 1.73. The van der Waals surface area contributed by atoms with Gasteiger partial charge >= 0.3 is 5.97 Å². The molecule has 0 saturated heterocycles.